The molecule has 11 nitrogen and oxygen atoms in total. The van der Waals surface area contributed by atoms with E-state index in [1.54, 1.807) is 6.08 Å². The Hall–Kier alpha value is -3.86. The first-order chi connectivity index (χ1) is 33.2. The van der Waals surface area contributed by atoms with Crippen LogP contribution in [0.3, 0.4) is 0 Å². The molecule has 2 N–H and O–H groups in total. The summed E-state index contributed by atoms with van der Waals surface area (Å²) >= 11 is 0. The van der Waals surface area contributed by atoms with Gasteiger partial charge in [0.25, 0.3) is 0 Å². The van der Waals surface area contributed by atoms with Crippen molar-refractivity contribution < 1.29 is 52.2 Å². The maximum atomic E-state index is 12.8. The fourth-order valence-corrected chi connectivity index (χ4v) is 7.15. The van der Waals surface area contributed by atoms with E-state index >= 15 is 0 Å². The Morgan fingerprint density at radius 2 is 0.824 bits per heavy atom. The van der Waals surface area contributed by atoms with Crippen LogP contribution >= 0.6 is 7.82 Å². The van der Waals surface area contributed by atoms with Gasteiger partial charge in [0, 0.05) is 12.8 Å². The smallest absolute Gasteiger partial charge is 0.462 e. The largest absolute Gasteiger partial charge is 0.472 e. The monoisotopic (exact) mass is 971 g/mol. The van der Waals surface area contributed by atoms with Gasteiger partial charge < -0.3 is 24.2 Å². The third-order valence-corrected chi connectivity index (χ3v) is 11.2. The first-order valence-corrected chi connectivity index (χ1v) is 27.3. The molecule has 0 saturated heterocycles. The second-order valence-electron chi connectivity index (χ2n) is 16.6. The molecule has 0 aliphatic carbocycles. The molecule has 0 radical (unpaired) electrons. The highest BCUT2D eigenvalue weighted by molar-refractivity contribution is 7.47. The molecule has 386 valence electrons. The molecule has 3 atom stereocenters. The Balaban J connectivity index is 4.84. The number of aliphatic hydroxyl groups is 1. The molecule has 0 aromatic heterocycles. The maximum absolute atomic E-state index is 12.8. The van der Waals surface area contributed by atoms with Gasteiger partial charge >= 0.3 is 25.7 Å². The van der Waals surface area contributed by atoms with E-state index in [0.717, 1.165) is 96.3 Å². The zero-order valence-electron chi connectivity index (χ0n) is 42.3. The number of esters is 3. The van der Waals surface area contributed by atoms with E-state index < -0.39 is 57.8 Å². The molecule has 68 heavy (non-hydrogen) atoms. The Bertz CT molecular complexity index is 1550. The van der Waals surface area contributed by atoms with Crippen molar-refractivity contribution in [2.24, 2.45) is 0 Å². The van der Waals surface area contributed by atoms with E-state index in [1.807, 2.05) is 18.2 Å². The van der Waals surface area contributed by atoms with Gasteiger partial charge in [-0.1, -0.05) is 194 Å². The second kappa shape index (κ2) is 49.6. The van der Waals surface area contributed by atoms with Crippen LogP contribution in [0.5, 0.6) is 0 Å². The predicted octanol–water partition coefficient (Wildman–Crippen LogP) is 14.7. The Morgan fingerprint density at radius 3 is 1.29 bits per heavy atom. The molecule has 0 rings (SSSR count). The zero-order chi connectivity index (χ0) is 49.9. The summed E-state index contributed by atoms with van der Waals surface area (Å²) in [6.07, 6.45) is 58.1. The van der Waals surface area contributed by atoms with Crippen LogP contribution in [0.15, 0.2) is 109 Å². The van der Waals surface area contributed by atoms with E-state index in [1.165, 1.54) is 32.1 Å². The number of aliphatic hydroxyl groups excluding tert-OH is 1. The number of rotatable bonds is 46. The number of unbranched alkanes of at least 4 members (excludes halogenated alkanes) is 12. The Morgan fingerprint density at radius 1 is 0.441 bits per heavy atom. The van der Waals surface area contributed by atoms with Gasteiger partial charge in [-0.15, -0.1) is 0 Å². The van der Waals surface area contributed by atoms with Gasteiger partial charge in [-0.3, -0.25) is 23.4 Å². The average molecular weight is 971 g/mol. The minimum atomic E-state index is -4.77. The average Bonchev–Trinajstić information content (AvgIpc) is 3.32. The Kier molecular flexibility index (Phi) is 46.7. The lowest BCUT2D eigenvalue weighted by Crippen LogP contribution is -2.30. The summed E-state index contributed by atoms with van der Waals surface area (Å²) in [7, 11) is -4.77. The van der Waals surface area contributed by atoms with Crippen molar-refractivity contribution in [3.8, 4) is 0 Å². The minimum absolute atomic E-state index is 0.0613. The van der Waals surface area contributed by atoms with Gasteiger partial charge in [0.05, 0.1) is 26.2 Å². The van der Waals surface area contributed by atoms with Gasteiger partial charge in [0.1, 0.15) is 12.7 Å². The molecule has 0 aromatic rings. The Labute approximate surface area is 412 Å². The number of carbonyl (C=O) groups is 3. The van der Waals surface area contributed by atoms with Crippen LogP contribution in [-0.4, -0.2) is 66.5 Å². The number of phosphoric acid groups is 1. The van der Waals surface area contributed by atoms with Crippen LogP contribution < -0.4 is 0 Å². The van der Waals surface area contributed by atoms with Crippen molar-refractivity contribution in [2.75, 3.05) is 26.4 Å². The molecule has 0 heterocycles. The van der Waals surface area contributed by atoms with Crippen LogP contribution in [0, 0.1) is 0 Å². The first kappa shape index (κ1) is 64.1. The van der Waals surface area contributed by atoms with E-state index in [4.69, 9.17) is 23.3 Å². The first-order valence-electron chi connectivity index (χ1n) is 25.8. The van der Waals surface area contributed by atoms with Crippen molar-refractivity contribution in [1.29, 1.82) is 0 Å². The molecule has 0 aromatic carbocycles. The summed E-state index contributed by atoms with van der Waals surface area (Å²) in [6.45, 7) is 4.22. The van der Waals surface area contributed by atoms with Gasteiger partial charge in [-0.05, 0) is 83.5 Å². The summed E-state index contributed by atoms with van der Waals surface area (Å²) in [5.74, 6) is -1.64. The van der Waals surface area contributed by atoms with E-state index in [0.29, 0.717) is 19.3 Å². The number of allylic oxidation sites excluding steroid dienone is 17. The molecular formula is C56H91O11P. The summed E-state index contributed by atoms with van der Waals surface area (Å²) < 4.78 is 39.2. The van der Waals surface area contributed by atoms with Crippen LogP contribution in [0.4, 0.5) is 0 Å². The fraction of sp³-hybridized carbons (Fsp3) is 0.625. The molecule has 0 fully saturated rings. The fourth-order valence-electron chi connectivity index (χ4n) is 6.36. The van der Waals surface area contributed by atoms with Crippen molar-refractivity contribution in [3.63, 3.8) is 0 Å². The van der Waals surface area contributed by atoms with Gasteiger partial charge in [-0.2, -0.15) is 0 Å². The predicted molar refractivity (Wildman–Crippen MR) is 279 cm³/mol. The number of ether oxygens (including phenoxy) is 3. The summed E-state index contributed by atoms with van der Waals surface area (Å²) in [6, 6.07) is 0. The van der Waals surface area contributed by atoms with Crippen LogP contribution in [0.1, 0.15) is 188 Å². The summed E-state index contributed by atoms with van der Waals surface area (Å²) in [4.78, 5) is 48.2. The molecule has 0 aliphatic rings. The molecule has 12 heteroatoms. The normalized spacial score (nSPS) is 14.4. The van der Waals surface area contributed by atoms with Crippen molar-refractivity contribution in [2.45, 2.75) is 200 Å². The second-order valence-corrected chi connectivity index (χ2v) is 18.0. The highest BCUT2D eigenvalue weighted by Gasteiger charge is 2.28. The van der Waals surface area contributed by atoms with Crippen molar-refractivity contribution in [3.05, 3.63) is 109 Å². The van der Waals surface area contributed by atoms with Crippen molar-refractivity contribution >= 4 is 25.7 Å². The number of hydrogen-bond acceptors (Lipinski definition) is 10. The number of carbonyl (C=O) groups excluding carboxylic acids is 3. The highest BCUT2D eigenvalue weighted by Crippen LogP contribution is 2.43. The summed E-state index contributed by atoms with van der Waals surface area (Å²) in [5.41, 5.74) is 0. The molecule has 3 unspecified atom stereocenters. The lowest BCUT2D eigenvalue weighted by Gasteiger charge is -2.21. The van der Waals surface area contributed by atoms with E-state index in [-0.39, 0.29) is 25.9 Å². The third-order valence-electron chi connectivity index (χ3n) is 10.2. The van der Waals surface area contributed by atoms with Crippen LogP contribution in [0.25, 0.3) is 0 Å². The van der Waals surface area contributed by atoms with E-state index in [2.05, 4.69) is 106 Å². The summed E-state index contributed by atoms with van der Waals surface area (Å²) in [5, 5.41) is 9.75. The number of phosphoric ester groups is 1. The molecule has 0 spiro atoms. The van der Waals surface area contributed by atoms with Crippen LogP contribution in [0.2, 0.25) is 0 Å². The van der Waals surface area contributed by atoms with Crippen LogP contribution in [-0.2, 0) is 42.2 Å². The maximum Gasteiger partial charge on any atom is 0.472 e. The molecular weight excluding hydrogens is 880 g/mol. The SMILES string of the molecule is CC/C=C\C/C=C\C/C=C\C/C=C\C/C=C\CC(=O)OC(CO)COP(=O)(O)OCC(COC(=O)CCCCCCCCCCC)OC(=O)CCCCCC/C=C\C/C=C\C/C=C\C/C=C\CC. The lowest BCUT2D eigenvalue weighted by molar-refractivity contribution is -0.161. The van der Waals surface area contributed by atoms with Crippen molar-refractivity contribution in [1.82, 2.24) is 0 Å². The molecule has 0 aliphatic heterocycles. The number of hydrogen-bond donors (Lipinski definition) is 2. The minimum Gasteiger partial charge on any atom is -0.462 e. The van der Waals surface area contributed by atoms with Gasteiger partial charge in [-0.25, -0.2) is 4.57 Å². The third kappa shape index (κ3) is 47.2. The molecule has 0 saturated carbocycles. The quantitative estimate of drug-likeness (QED) is 0.0197. The lowest BCUT2D eigenvalue weighted by atomic mass is 10.1. The molecule has 0 bridgehead atoms. The van der Waals surface area contributed by atoms with Gasteiger partial charge in [0.2, 0.25) is 0 Å². The standard InChI is InChI=1S/C56H91O11P/c1-4-7-10-13-16-19-21-23-25-26-28-30-32-35-38-41-44-47-56(60)67-53(49-63-54(58)45-42-39-36-33-18-15-12-9-6-3)51-65-68(61,62)64-50-52(48-57)66-55(59)46-43-40-37-34-31-29-27-24-22-20-17-14-11-8-5-2/h7-8,10-11,16-17,19-20,23-25,27-28,30-31,34,40,43,52-53,57H,4-6,9,12-15,18,21-22,26,29,32-33,35-39,41-42,44-51H2,1-3H3,(H,61,62)/b10-7-,11-8-,19-16-,20-17-,25-23-,27-24-,30-28-,34-31-,43-40-. The van der Waals surface area contributed by atoms with E-state index in [9.17, 15) is 28.9 Å². The molecule has 0 amide bonds. The topological polar surface area (TPSA) is 155 Å². The highest BCUT2D eigenvalue weighted by atomic mass is 31.2. The van der Waals surface area contributed by atoms with Gasteiger partial charge in [0.15, 0.2) is 6.10 Å². The zero-order valence-corrected chi connectivity index (χ0v) is 43.2.